The molecule has 1 aromatic rings. The fraction of sp³-hybridized carbons (Fsp3) is 0.812. The number of nitrogens with one attached hydrogen (secondary N) is 1. The predicted octanol–water partition coefficient (Wildman–Crippen LogP) is 3.86. The van der Waals surface area contributed by atoms with Crippen molar-refractivity contribution >= 4 is 16.5 Å². The minimum atomic E-state index is 0.498. The van der Waals surface area contributed by atoms with E-state index in [0.717, 1.165) is 24.9 Å². The van der Waals surface area contributed by atoms with Crippen LogP contribution in [-0.4, -0.2) is 24.6 Å². The van der Waals surface area contributed by atoms with Crippen molar-refractivity contribution in [3.8, 4) is 0 Å². The van der Waals surface area contributed by atoms with Crippen molar-refractivity contribution in [3.63, 3.8) is 0 Å². The van der Waals surface area contributed by atoms with Gasteiger partial charge in [0.1, 0.15) is 0 Å². The molecule has 0 aromatic carbocycles. The van der Waals surface area contributed by atoms with Gasteiger partial charge in [0, 0.05) is 24.0 Å². The van der Waals surface area contributed by atoms with E-state index in [-0.39, 0.29) is 0 Å². The third-order valence-electron chi connectivity index (χ3n) is 4.44. The minimum absolute atomic E-state index is 0.498. The number of rotatable bonds is 4. The second-order valence-corrected chi connectivity index (χ2v) is 7.76. The molecule has 3 atom stereocenters. The van der Waals surface area contributed by atoms with Gasteiger partial charge in [0.2, 0.25) is 0 Å². The summed E-state index contributed by atoms with van der Waals surface area (Å²) in [6.45, 7) is 13.6. The van der Waals surface area contributed by atoms with Crippen LogP contribution >= 0.6 is 11.3 Å². The summed E-state index contributed by atoms with van der Waals surface area (Å²) in [7, 11) is 2.01. The first-order valence-electron chi connectivity index (χ1n) is 7.84. The lowest BCUT2D eigenvalue weighted by molar-refractivity contribution is 0.296. The van der Waals surface area contributed by atoms with Gasteiger partial charge in [-0.05, 0) is 38.1 Å². The van der Waals surface area contributed by atoms with Gasteiger partial charge in [-0.2, -0.15) is 0 Å². The predicted molar refractivity (Wildman–Crippen MR) is 88.7 cm³/mol. The van der Waals surface area contributed by atoms with E-state index in [4.69, 9.17) is 4.98 Å². The highest BCUT2D eigenvalue weighted by Gasteiger charge is 2.31. The van der Waals surface area contributed by atoms with Crippen molar-refractivity contribution in [2.24, 2.45) is 11.8 Å². The van der Waals surface area contributed by atoms with Crippen LogP contribution in [0.2, 0.25) is 0 Å². The van der Waals surface area contributed by atoms with E-state index in [1.165, 1.54) is 22.1 Å². The third-order valence-corrected chi connectivity index (χ3v) is 5.55. The largest absolute Gasteiger partial charge is 0.345 e. The summed E-state index contributed by atoms with van der Waals surface area (Å²) in [6, 6.07) is 0.597. The Kier molecular flexibility index (Phi) is 5.08. The molecule has 0 spiro atoms. The van der Waals surface area contributed by atoms with Gasteiger partial charge in [-0.15, -0.1) is 11.3 Å². The number of hydrogen-bond donors (Lipinski definition) is 1. The Morgan fingerprint density at radius 3 is 2.65 bits per heavy atom. The Bertz CT molecular complexity index is 441. The normalized spacial score (nSPS) is 27.4. The topological polar surface area (TPSA) is 28.2 Å². The molecule has 0 amide bonds. The average molecular weight is 295 g/mol. The second kappa shape index (κ2) is 6.44. The van der Waals surface area contributed by atoms with Crippen molar-refractivity contribution in [2.45, 2.75) is 59.5 Å². The zero-order valence-corrected chi connectivity index (χ0v) is 14.5. The molecule has 3 nitrogen and oxygen atoms in total. The summed E-state index contributed by atoms with van der Waals surface area (Å²) < 4.78 is 0. The lowest BCUT2D eigenvalue weighted by Crippen LogP contribution is -2.45. The molecule has 0 aliphatic carbocycles. The number of hydrogen-bond acceptors (Lipinski definition) is 4. The summed E-state index contributed by atoms with van der Waals surface area (Å²) in [5.41, 5.74) is 1.28. The fourth-order valence-electron chi connectivity index (χ4n) is 3.18. The molecule has 1 aliphatic rings. The maximum absolute atomic E-state index is 4.98. The molecule has 0 radical (unpaired) electrons. The van der Waals surface area contributed by atoms with E-state index in [1.807, 2.05) is 18.4 Å². The Morgan fingerprint density at radius 1 is 1.35 bits per heavy atom. The molecule has 1 aromatic heterocycles. The summed E-state index contributed by atoms with van der Waals surface area (Å²) >= 11 is 1.88. The highest BCUT2D eigenvalue weighted by atomic mass is 32.1. The van der Waals surface area contributed by atoms with E-state index in [0.29, 0.717) is 12.0 Å². The zero-order valence-electron chi connectivity index (χ0n) is 13.7. The zero-order chi connectivity index (χ0) is 14.9. The van der Waals surface area contributed by atoms with Crippen LogP contribution in [-0.2, 0) is 6.54 Å². The summed E-state index contributed by atoms with van der Waals surface area (Å²) in [5.74, 6) is 2.01. The molecule has 2 heterocycles. The van der Waals surface area contributed by atoms with E-state index >= 15 is 0 Å². The van der Waals surface area contributed by atoms with E-state index in [2.05, 4.69) is 44.8 Å². The van der Waals surface area contributed by atoms with E-state index in [9.17, 15) is 0 Å². The fourth-order valence-corrected chi connectivity index (χ4v) is 4.50. The Labute approximate surface area is 127 Å². The van der Waals surface area contributed by atoms with Crippen LogP contribution < -0.4 is 10.2 Å². The van der Waals surface area contributed by atoms with Gasteiger partial charge in [-0.25, -0.2) is 4.98 Å². The summed E-state index contributed by atoms with van der Waals surface area (Å²) in [5, 5.41) is 4.50. The molecule has 114 valence electrons. The summed E-state index contributed by atoms with van der Waals surface area (Å²) in [4.78, 5) is 8.91. The smallest absolute Gasteiger partial charge is 0.186 e. The van der Waals surface area contributed by atoms with Crippen molar-refractivity contribution in [3.05, 3.63) is 10.6 Å². The Hall–Kier alpha value is -0.610. The molecule has 1 aliphatic heterocycles. The van der Waals surface area contributed by atoms with Crippen LogP contribution in [0.5, 0.6) is 0 Å². The van der Waals surface area contributed by atoms with Gasteiger partial charge in [0.25, 0.3) is 0 Å². The number of piperidine rings is 1. The van der Waals surface area contributed by atoms with E-state index < -0.39 is 0 Å². The van der Waals surface area contributed by atoms with Gasteiger partial charge in [-0.3, -0.25) is 0 Å². The van der Waals surface area contributed by atoms with Gasteiger partial charge < -0.3 is 10.2 Å². The molecule has 0 saturated carbocycles. The lowest BCUT2D eigenvalue weighted by atomic mass is 9.86. The SMILES string of the molecule is CNCc1sc(N2CC(C)CC(C)C2C)nc1C(C)C. The van der Waals surface area contributed by atoms with Crippen LogP contribution in [0.3, 0.4) is 0 Å². The van der Waals surface area contributed by atoms with Crippen LogP contribution in [0.1, 0.15) is 57.5 Å². The third kappa shape index (κ3) is 3.17. The first kappa shape index (κ1) is 15.8. The lowest BCUT2D eigenvalue weighted by Gasteiger charge is -2.41. The molecule has 20 heavy (non-hydrogen) atoms. The minimum Gasteiger partial charge on any atom is -0.345 e. The van der Waals surface area contributed by atoms with Crippen molar-refractivity contribution in [1.82, 2.24) is 10.3 Å². The van der Waals surface area contributed by atoms with Crippen LogP contribution in [0.15, 0.2) is 0 Å². The second-order valence-electron chi connectivity index (χ2n) is 6.70. The van der Waals surface area contributed by atoms with Crippen molar-refractivity contribution in [1.29, 1.82) is 0 Å². The first-order chi connectivity index (χ1) is 9.43. The molecule has 1 saturated heterocycles. The molecular weight excluding hydrogens is 266 g/mol. The van der Waals surface area contributed by atoms with Crippen molar-refractivity contribution < 1.29 is 0 Å². The monoisotopic (exact) mass is 295 g/mol. The highest BCUT2D eigenvalue weighted by molar-refractivity contribution is 7.15. The number of aromatic nitrogens is 1. The quantitative estimate of drug-likeness (QED) is 0.914. The Balaban J connectivity index is 2.29. The van der Waals surface area contributed by atoms with E-state index in [1.54, 1.807) is 0 Å². The average Bonchev–Trinajstić information content (AvgIpc) is 2.78. The van der Waals surface area contributed by atoms with Gasteiger partial charge in [-0.1, -0.05) is 27.7 Å². The Morgan fingerprint density at radius 2 is 2.05 bits per heavy atom. The molecule has 4 heteroatoms. The molecule has 1 fully saturated rings. The van der Waals surface area contributed by atoms with Crippen LogP contribution in [0.4, 0.5) is 5.13 Å². The maximum Gasteiger partial charge on any atom is 0.186 e. The maximum atomic E-state index is 4.98. The number of anilines is 1. The molecule has 2 rings (SSSR count). The standard InChI is InChI=1S/C16H29N3S/c1-10(2)15-14(8-17-6)20-16(18-15)19-9-11(3)7-12(4)13(19)5/h10-13,17H,7-9H2,1-6H3. The first-order valence-corrected chi connectivity index (χ1v) is 8.66. The number of nitrogens with zero attached hydrogens (tertiary/aromatic N) is 2. The molecular formula is C16H29N3S. The van der Waals surface area contributed by atoms with Crippen molar-refractivity contribution in [2.75, 3.05) is 18.5 Å². The molecule has 1 N–H and O–H groups in total. The highest BCUT2D eigenvalue weighted by Crippen LogP contribution is 2.36. The van der Waals surface area contributed by atoms with Gasteiger partial charge >= 0.3 is 0 Å². The molecule has 3 unspecified atom stereocenters. The molecule has 0 bridgehead atoms. The van der Waals surface area contributed by atoms with Gasteiger partial charge in [0.15, 0.2) is 5.13 Å². The summed E-state index contributed by atoms with van der Waals surface area (Å²) in [6.07, 6.45) is 1.34. The van der Waals surface area contributed by atoms with Crippen LogP contribution in [0.25, 0.3) is 0 Å². The van der Waals surface area contributed by atoms with Gasteiger partial charge in [0.05, 0.1) is 5.69 Å². The van der Waals surface area contributed by atoms with Crippen LogP contribution in [0, 0.1) is 11.8 Å². The number of thiazole rings is 1.